The topological polar surface area (TPSA) is 106 Å². The third kappa shape index (κ3) is 6.60. The fourth-order valence-electron chi connectivity index (χ4n) is 3.21. The highest BCUT2D eigenvalue weighted by molar-refractivity contribution is 7.88. The van der Waals surface area contributed by atoms with Gasteiger partial charge in [-0.25, -0.2) is 13.1 Å². The Labute approximate surface area is 165 Å². The highest BCUT2D eigenvalue weighted by atomic mass is 32.2. The highest BCUT2D eigenvalue weighted by Gasteiger charge is 2.33. The van der Waals surface area contributed by atoms with Crippen LogP contribution in [0.5, 0.6) is 5.75 Å². The van der Waals surface area contributed by atoms with E-state index in [9.17, 15) is 21.6 Å². The van der Waals surface area contributed by atoms with Crippen LogP contribution in [0.3, 0.4) is 0 Å². The first-order valence-electron chi connectivity index (χ1n) is 8.99. The number of rotatable bonds is 7. The second kappa shape index (κ2) is 8.57. The number of anilines is 1. The van der Waals surface area contributed by atoms with Gasteiger partial charge in [-0.15, -0.1) is 13.2 Å². The Balaban J connectivity index is 1.58. The monoisotopic (exact) mass is 434 g/mol. The number of benzene rings is 1. The molecule has 0 unspecified atom stereocenters. The average molecular weight is 434 g/mol. The van der Waals surface area contributed by atoms with Crippen LogP contribution in [0, 0.1) is 5.92 Å². The van der Waals surface area contributed by atoms with Gasteiger partial charge in [-0.2, -0.15) is 4.98 Å². The molecule has 0 amide bonds. The first kappa shape index (κ1) is 21.4. The third-order valence-corrected chi connectivity index (χ3v) is 5.28. The molecular weight excluding hydrogens is 413 g/mol. The summed E-state index contributed by atoms with van der Waals surface area (Å²) in [6.45, 7) is 0.409. The van der Waals surface area contributed by atoms with Gasteiger partial charge in [-0.1, -0.05) is 17.3 Å². The number of nitrogens with one attached hydrogen (secondary N) is 2. The van der Waals surface area contributed by atoms with Gasteiger partial charge in [0.1, 0.15) is 5.75 Å². The standard InChI is InChI=1S/C17H21F3N4O4S/c1-29(25,26)21-10-11-6-8-12(9-7-11)22-16-23-15(24-28-16)13-4-2-3-5-14(13)27-17(18,19)20/h2-5,11-12,21H,6-10H2,1H3,(H,22,23,24)/t11-,12-. The lowest BCUT2D eigenvalue weighted by Gasteiger charge is -2.28. The number of para-hydroxylation sites is 1. The number of ether oxygens (including phenoxy) is 1. The molecule has 1 heterocycles. The van der Waals surface area contributed by atoms with E-state index in [4.69, 9.17) is 4.52 Å². The number of sulfonamides is 1. The molecule has 0 saturated heterocycles. The van der Waals surface area contributed by atoms with Gasteiger partial charge in [0.15, 0.2) is 0 Å². The zero-order chi connectivity index (χ0) is 21.1. The smallest absolute Gasteiger partial charge is 0.405 e. The summed E-state index contributed by atoms with van der Waals surface area (Å²) < 4.78 is 71.7. The molecule has 160 valence electrons. The molecule has 12 heteroatoms. The van der Waals surface area contributed by atoms with E-state index in [-0.39, 0.29) is 29.4 Å². The second-order valence-corrected chi connectivity index (χ2v) is 8.78. The van der Waals surface area contributed by atoms with Crippen molar-refractivity contribution in [2.75, 3.05) is 18.1 Å². The van der Waals surface area contributed by atoms with E-state index in [1.165, 1.54) is 18.2 Å². The van der Waals surface area contributed by atoms with Crippen molar-refractivity contribution < 1.29 is 30.8 Å². The predicted octanol–water partition coefficient (Wildman–Crippen LogP) is 3.16. The maximum absolute atomic E-state index is 12.6. The van der Waals surface area contributed by atoms with Crippen molar-refractivity contribution in [2.45, 2.75) is 38.1 Å². The lowest BCUT2D eigenvalue weighted by molar-refractivity contribution is -0.274. The van der Waals surface area contributed by atoms with E-state index < -0.39 is 22.1 Å². The van der Waals surface area contributed by atoms with E-state index in [0.717, 1.165) is 31.9 Å². The maximum atomic E-state index is 12.6. The molecule has 2 N–H and O–H groups in total. The summed E-state index contributed by atoms with van der Waals surface area (Å²) in [5, 5.41) is 6.83. The molecule has 29 heavy (non-hydrogen) atoms. The SMILES string of the molecule is CS(=O)(=O)NC[C@H]1CC[C@H](Nc2nc(-c3ccccc3OC(F)(F)F)no2)CC1. The van der Waals surface area contributed by atoms with E-state index in [1.54, 1.807) is 6.07 Å². The molecule has 0 bridgehead atoms. The Bertz CT molecular complexity index is 925. The van der Waals surface area contributed by atoms with Crippen LogP contribution in [0.25, 0.3) is 11.4 Å². The summed E-state index contributed by atoms with van der Waals surface area (Å²) >= 11 is 0. The number of nitrogens with zero attached hydrogens (tertiary/aromatic N) is 2. The van der Waals surface area contributed by atoms with Crippen LogP contribution >= 0.6 is 0 Å². The van der Waals surface area contributed by atoms with Gasteiger partial charge in [0.05, 0.1) is 11.8 Å². The molecule has 1 fully saturated rings. The van der Waals surface area contributed by atoms with Crippen LogP contribution in [0.1, 0.15) is 25.7 Å². The second-order valence-electron chi connectivity index (χ2n) is 6.95. The quantitative estimate of drug-likeness (QED) is 0.689. The van der Waals surface area contributed by atoms with E-state index >= 15 is 0 Å². The van der Waals surface area contributed by atoms with Crippen LogP contribution in [0.2, 0.25) is 0 Å². The van der Waals surface area contributed by atoms with Gasteiger partial charge in [-0.05, 0) is 43.7 Å². The van der Waals surface area contributed by atoms with Crippen LogP contribution in [-0.4, -0.2) is 43.8 Å². The number of aromatic nitrogens is 2. The number of hydrogen-bond donors (Lipinski definition) is 2. The molecule has 8 nitrogen and oxygen atoms in total. The van der Waals surface area contributed by atoms with Crippen molar-refractivity contribution >= 4 is 16.0 Å². The number of hydrogen-bond acceptors (Lipinski definition) is 7. The Hall–Kier alpha value is -2.34. The summed E-state index contributed by atoms with van der Waals surface area (Å²) in [7, 11) is -3.20. The summed E-state index contributed by atoms with van der Waals surface area (Å²) in [4.78, 5) is 4.13. The number of alkyl halides is 3. The van der Waals surface area contributed by atoms with Crippen LogP contribution < -0.4 is 14.8 Å². The fraction of sp³-hybridized carbons (Fsp3) is 0.529. The molecule has 0 aliphatic heterocycles. The average Bonchev–Trinajstić information content (AvgIpc) is 3.08. The third-order valence-electron chi connectivity index (χ3n) is 4.59. The van der Waals surface area contributed by atoms with Gasteiger partial charge in [0.2, 0.25) is 15.8 Å². The first-order chi connectivity index (χ1) is 13.6. The maximum Gasteiger partial charge on any atom is 0.573 e. The lowest BCUT2D eigenvalue weighted by Crippen LogP contribution is -2.33. The van der Waals surface area contributed by atoms with Gasteiger partial charge < -0.3 is 14.6 Å². The summed E-state index contributed by atoms with van der Waals surface area (Å²) in [6, 6.07) is 5.72. The molecule has 2 aromatic rings. The van der Waals surface area contributed by atoms with Crippen LogP contribution in [0.15, 0.2) is 28.8 Å². The van der Waals surface area contributed by atoms with Gasteiger partial charge in [0, 0.05) is 12.6 Å². The Morgan fingerprint density at radius 3 is 2.55 bits per heavy atom. The van der Waals surface area contributed by atoms with Gasteiger partial charge >= 0.3 is 12.4 Å². The van der Waals surface area contributed by atoms with Crippen LogP contribution in [-0.2, 0) is 10.0 Å². The largest absolute Gasteiger partial charge is 0.573 e. The molecule has 0 atom stereocenters. The van der Waals surface area contributed by atoms with E-state index in [2.05, 4.69) is 24.9 Å². The zero-order valence-corrected chi connectivity index (χ0v) is 16.4. The zero-order valence-electron chi connectivity index (χ0n) is 15.6. The van der Waals surface area contributed by atoms with Crippen molar-refractivity contribution in [1.82, 2.24) is 14.9 Å². The molecule has 3 rings (SSSR count). The Morgan fingerprint density at radius 1 is 1.21 bits per heavy atom. The highest BCUT2D eigenvalue weighted by Crippen LogP contribution is 2.33. The van der Waals surface area contributed by atoms with Crippen molar-refractivity contribution in [2.24, 2.45) is 5.92 Å². The van der Waals surface area contributed by atoms with Crippen molar-refractivity contribution in [1.29, 1.82) is 0 Å². The molecule has 1 aliphatic carbocycles. The van der Waals surface area contributed by atoms with E-state index in [1.807, 2.05) is 0 Å². The Morgan fingerprint density at radius 2 is 1.90 bits per heavy atom. The minimum absolute atomic E-state index is 0.0154. The fourth-order valence-corrected chi connectivity index (χ4v) is 3.75. The lowest BCUT2D eigenvalue weighted by atomic mass is 9.86. The predicted molar refractivity (Wildman–Crippen MR) is 98.6 cm³/mol. The van der Waals surface area contributed by atoms with Crippen molar-refractivity contribution in [3.63, 3.8) is 0 Å². The van der Waals surface area contributed by atoms with Crippen molar-refractivity contribution in [3.05, 3.63) is 24.3 Å². The Kier molecular flexibility index (Phi) is 6.32. The molecule has 1 saturated carbocycles. The van der Waals surface area contributed by atoms with Gasteiger partial charge in [0.25, 0.3) is 0 Å². The summed E-state index contributed by atoms with van der Waals surface area (Å²) in [6.07, 6.45) is -0.493. The summed E-state index contributed by atoms with van der Waals surface area (Å²) in [5.41, 5.74) is 0.0668. The van der Waals surface area contributed by atoms with Crippen molar-refractivity contribution in [3.8, 4) is 17.1 Å². The normalized spacial score (nSPS) is 20.4. The molecule has 0 radical (unpaired) electrons. The minimum Gasteiger partial charge on any atom is -0.405 e. The van der Waals surface area contributed by atoms with Gasteiger partial charge in [-0.3, -0.25) is 0 Å². The number of halogens is 3. The molecule has 1 aliphatic rings. The van der Waals surface area contributed by atoms with Crippen LogP contribution in [0.4, 0.5) is 19.2 Å². The minimum atomic E-state index is -4.83. The first-order valence-corrected chi connectivity index (χ1v) is 10.9. The van der Waals surface area contributed by atoms with E-state index in [0.29, 0.717) is 6.54 Å². The molecule has 1 aromatic heterocycles. The molecule has 0 spiro atoms. The molecular formula is C17H21F3N4O4S. The molecule has 1 aromatic carbocycles. The summed E-state index contributed by atoms with van der Waals surface area (Å²) in [5.74, 6) is -0.169.